The van der Waals surface area contributed by atoms with Crippen molar-refractivity contribution < 1.29 is 13.6 Å². The number of furan rings is 2. The van der Waals surface area contributed by atoms with Crippen molar-refractivity contribution in [3.63, 3.8) is 0 Å². The van der Waals surface area contributed by atoms with Crippen LogP contribution in [-0.4, -0.2) is 16.1 Å². The second-order valence-corrected chi connectivity index (χ2v) is 8.51. The smallest absolute Gasteiger partial charge is 0.287 e. The zero-order valence-electron chi connectivity index (χ0n) is 18.2. The van der Waals surface area contributed by atoms with Gasteiger partial charge in [-0.15, -0.1) is 10.2 Å². The number of rotatable bonds is 8. The van der Waals surface area contributed by atoms with Gasteiger partial charge in [-0.2, -0.15) is 0 Å². The molecular weight excluding hydrogens is 446 g/mol. The average molecular weight is 468 g/mol. The highest BCUT2D eigenvalue weighted by Gasteiger charge is 2.12. The Morgan fingerprint density at radius 3 is 2.29 bits per heavy atom. The molecule has 0 fully saturated rings. The van der Waals surface area contributed by atoms with Crippen LogP contribution in [0.3, 0.4) is 0 Å². The fourth-order valence-electron chi connectivity index (χ4n) is 3.41. The van der Waals surface area contributed by atoms with Crippen LogP contribution in [0.5, 0.6) is 0 Å². The van der Waals surface area contributed by atoms with E-state index in [2.05, 4.69) is 51.9 Å². The highest BCUT2D eigenvalue weighted by molar-refractivity contribution is 7.98. The van der Waals surface area contributed by atoms with E-state index in [1.807, 2.05) is 30.3 Å². The molecule has 5 rings (SSSR count). The minimum Gasteiger partial charge on any atom is -0.467 e. The molecule has 0 aliphatic heterocycles. The van der Waals surface area contributed by atoms with Gasteiger partial charge in [-0.05, 0) is 47.5 Å². The third-order valence-corrected chi connectivity index (χ3v) is 6.12. The number of amides is 1. The predicted octanol–water partition coefficient (Wildman–Crippen LogP) is 6.22. The second-order valence-electron chi connectivity index (χ2n) is 7.52. The van der Waals surface area contributed by atoms with Gasteiger partial charge in [0.2, 0.25) is 0 Å². The summed E-state index contributed by atoms with van der Waals surface area (Å²) in [6.45, 7) is 0.313. The quantitative estimate of drug-likeness (QED) is 0.273. The Hall–Kier alpha value is -4.10. The number of carbonyl (C=O) groups is 1. The Morgan fingerprint density at radius 2 is 1.56 bits per heavy atom. The first kappa shape index (κ1) is 21.7. The minimum absolute atomic E-state index is 0.266. The number of benzene rings is 2. The zero-order valence-corrected chi connectivity index (χ0v) is 19.0. The lowest BCUT2D eigenvalue weighted by atomic mass is 10.0. The van der Waals surface area contributed by atoms with E-state index in [0.29, 0.717) is 23.8 Å². The van der Waals surface area contributed by atoms with Gasteiger partial charge in [-0.25, -0.2) is 0 Å². The lowest BCUT2D eigenvalue weighted by Gasteiger charge is -2.05. The Bertz CT molecular complexity index is 1350. The molecule has 7 heteroatoms. The van der Waals surface area contributed by atoms with Crippen molar-refractivity contribution >= 4 is 17.7 Å². The molecule has 0 atom stereocenters. The maximum Gasteiger partial charge on any atom is 0.287 e. The van der Waals surface area contributed by atoms with Gasteiger partial charge in [-0.3, -0.25) is 4.79 Å². The molecule has 0 spiro atoms. The molecule has 6 nitrogen and oxygen atoms in total. The molecular formula is C27H21N3O3S. The van der Waals surface area contributed by atoms with Crippen molar-refractivity contribution in [2.45, 2.75) is 17.3 Å². The van der Waals surface area contributed by atoms with Gasteiger partial charge in [0.25, 0.3) is 5.91 Å². The molecule has 1 N–H and O–H groups in total. The number of thioether (sulfide) groups is 1. The van der Waals surface area contributed by atoms with Crippen molar-refractivity contribution in [2.24, 2.45) is 0 Å². The number of nitrogens with one attached hydrogen (secondary N) is 1. The third kappa shape index (κ3) is 5.27. The molecule has 34 heavy (non-hydrogen) atoms. The minimum atomic E-state index is -0.282. The molecule has 0 saturated heterocycles. The van der Waals surface area contributed by atoms with Crippen molar-refractivity contribution in [3.05, 3.63) is 115 Å². The molecule has 3 heterocycles. The summed E-state index contributed by atoms with van der Waals surface area (Å²) in [6, 6.07) is 29.5. The molecule has 168 valence electrons. The van der Waals surface area contributed by atoms with Gasteiger partial charge in [0.15, 0.2) is 5.76 Å². The normalized spacial score (nSPS) is 10.8. The van der Waals surface area contributed by atoms with E-state index in [1.165, 1.54) is 17.3 Å². The Balaban J connectivity index is 1.16. The predicted molar refractivity (Wildman–Crippen MR) is 131 cm³/mol. The van der Waals surface area contributed by atoms with E-state index < -0.39 is 0 Å². The third-order valence-electron chi connectivity index (χ3n) is 5.18. The number of carbonyl (C=O) groups excluding carboxylic acids is 1. The van der Waals surface area contributed by atoms with E-state index in [4.69, 9.17) is 8.83 Å². The lowest BCUT2D eigenvalue weighted by Crippen LogP contribution is -2.21. The van der Waals surface area contributed by atoms with Crippen LogP contribution >= 0.6 is 11.8 Å². The monoisotopic (exact) mass is 467 g/mol. The number of hydrogen-bond donors (Lipinski definition) is 1. The molecule has 0 radical (unpaired) electrons. The van der Waals surface area contributed by atoms with Crippen LogP contribution in [0.1, 0.15) is 22.1 Å². The maximum atomic E-state index is 12.2. The zero-order chi connectivity index (χ0) is 23.2. The van der Waals surface area contributed by atoms with Gasteiger partial charge >= 0.3 is 0 Å². The van der Waals surface area contributed by atoms with Crippen molar-refractivity contribution in [3.8, 4) is 22.4 Å². The molecule has 0 bridgehead atoms. The molecule has 1 amide bonds. The highest BCUT2D eigenvalue weighted by Crippen LogP contribution is 2.26. The average Bonchev–Trinajstić information content (AvgIpc) is 3.60. The van der Waals surface area contributed by atoms with Crippen LogP contribution in [0.15, 0.2) is 111 Å². The van der Waals surface area contributed by atoms with Gasteiger partial charge in [0.05, 0.1) is 24.3 Å². The van der Waals surface area contributed by atoms with E-state index in [-0.39, 0.29) is 11.7 Å². The van der Waals surface area contributed by atoms with Gasteiger partial charge in [0, 0.05) is 5.56 Å². The van der Waals surface area contributed by atoms with Gasteiger partial charge < -0.3 is 14.2 Å². The summed E-state index contributed by atoms with van der Waals surface area (Å²) in [5.74, 6) is 1.91. The van der Waals surface area contributed by atoms with E-state index >= 15 is 0 Å². The van der Waals surface area contributed by atoms with Gasteiger partial charge in [-0.1, -0.05) is 66.4 Å². The molecule has 0 aliphatic rings. The van der Waals surface area contributed by atoms with E-state index in [1.54, 1.807) is 30.5 Å². The van der Waals surface area contributed by atoms with Crippen LogP contribution in [0.2, 0.25) is 0 Å². The molecule has 5 aromatic rings. The Labute approximate surface area is 201 Å². The summed E-state index contributed by atoms with van der Waals surface area (Å²) < 4.78 is 10.9. The summed E-state index contributed by atoms with van der Waals surface area (Å²) in [5.41, 5.74) is 4.18. The van der Waals surface area contributed by atoms with Crippen LogP contribution in [-0.2, 0) is 12.3 Å². The summed E-state index contributed by atoms with van der Waals surface area (Å²) in [7, 11) is 0. The fraction of sp³-hybridized carbons (Fsp3) is 0.0741. The SMILES string of the molecule is O=C(NCc1ccco1)c1ccc(CSc2ccc(-c3ccc(-c4ccccc4)cc3)nn2)o1. The first-order valence-electron chi connectivity index (χ1n) is 10.8. The molecule has 0 aliphatic carbocycles. The highest BCUT2D eigenvalue weighted by atomic mass is 32.2. The lowest BCUT2D eigenvalue weighted by molar-refractivity contribution is 0.0919. The Kier molecular flexibility index (Phi) is 6.54. The molecule has 0 saturated carbocycles. The van der Waals surface area contributed by atoms with Crippen molar-refractivity contribution in [2.75, 3.05) is 0 Å². The number of nitrogens with zero attached hydrogens (tertiary/aromatic N) is 2. The topological polar surface area (TPSA) is 81.2 Å². The standard InChI is InChI=1S/C27H21N3O3S/c31-27(28-17-22-7-4-16-32-22)25-14-12-23(33-25)18-34-26-15-13-24(29-30-26)21-10-8-20(9-11-21)19-5-2-1-3-6-19/h1-16H,17-18H2,(H,28,31). The molecule has 3 aromatic heterocycles. The largest absolute Gasteiger partial charge is 0.467 e. The Morgan fingerprint density at radius 1 is 0.765 bits per heavy atom. The summed E-state index contributed by atoms with van der Waals surface area (Å²) in [5, 5.41) is 12.3. The van der Waals surface area contributed by atoms with Crippen LogP contribution in [0.4, 0.5) is 0 Å². The fourth-order valence-corrected chi connectivity index (χ4v) is 4.11. The summed E-state index contributed by atoms with van der Waals surface area (Å²) >= 11 is 1.50. The van der Waals surface area contributed by atoms with Crippen LogP contribution < -0.4 is 5.32 Å². The summed E-state index contributed by atoms with van der Waals surface area (Å²) in [4.78, 5) is 12.2. The first-order chi connectivity index (χ1) is 16.7. The first-order valence-corrected chi connectivity index (χ1v) is 11.7. The van der Waals surface area contributed by atoms with Crippen LogP contribution in [0.25, 0.3) is 22.4 Å². The number of hydrogen-bond acceptors (Lipinski definition) is 6. The summed E-state index contributed by atoms with van der Waals surface area (Å²) in [6.07, 6.45) is 1.57. The van der Waals surface area contributed by atoms with Gasteiger partial charge in [0.1, 0.15) is 16.5 Å². The molecule has 0 unspecified atom stereocenters. The van der Waals surface area contributed by atoms with E-state index in [9.17, 15) is 4.79 Å². The maximum absolute atomic E-state index is 12.2. The van der Waals surface area contributed by atoms with Crippen LogP contribution in [0, 0.1) is 0 Å². The van der Waals surface area contributed by atoms with Crippen molar-refractivity contribution in [1.29, 1.82) is 0 Å². The van der Waals surface area contributed by atoms with Crippen molar-refractivity contribution in [1.82, 2.24) is 15.5 Å². The number of aromatic nitrogens is 2. The second kappa shape index (κ2) is 10.2. The molecule has 2 aromatic carbocycles. The van der Waals surface area contributed by atoms with E-state index in [0.717, 1.165) is 21.8 Å².